The van der Waals surface area contributed by atoms with Gasteiger partial charge in [0.15, 0.2) is 0 Å². The average molecular weight is 281 g/mol. The second-order valence-corrected chi connectivity index (χ2v) is 6.39. The van der Waals surface area contributed by atoms with Crippen molar-refractivity contribution in [2.24, 2.45) is 5.92 Å². The Kier molecular flexibility index (Phi) is 5.07. The van der Waals surface area contributed by atoms with Crippen LogP contribution < -0.4 is 0 Å². The Bertz CT molecular complexity index is 470. The van der Waals surface area contributed by atoms with Crippen molar-refractivity contribution in [3.63, 3.8) is 0 Å². The predicted molar refractivity (Wildman–Crippen MR) is 74.2 cm³/mol. The van der Waals surface area contributed by atoms with Gasteiger partial charge in [0.25, 0.3) is 0 Å². The quantitative estimate of drug-likeness (QED) is 0.777. The van der Waals surface area contributed by atoms with Crippen LogP contribution in [0.4, 0.5) is 0 Å². The van der Waals surface area contributed by atoms with Crippen LogP contribution in [-0.2, 0) is 21.3 Å². The Labute approximate surface area is 116 Å². The summed E-state index contributed by atoms with van der Waals surface area (Å²) in [6, 6.07) is 3.36. The molecule has 1 atom stereocenters. The van der Waals surface area contributed by atoms with E-state index in [9.17, 15) is 9.00 Å². The molecule has 1 aromatic heterocycles. The molecular weight excluding hydrogens is 262 g/mol. The molecule has 0 bridgehead atoms. The van der Waals surface area contributed by atoms with Crippen LogP contribution >= 0.6 is 0 Å². The molecule has 0 saturated heterocycles. The van der Waals surface area contributed by atoms with Gasteiger partial charge in [-0.15, -0.1) is 0 Å². The van der Waals surface area contributed by atoms with E-state index in [0.717, 1.165) is 5.75 Å². The van der Waals surface area contributed by atoms with Crippen molar-refractivity contribution in [1.29, 1.82) is 0 Å². The van der Waals surface area contributed by atoms with Crippen molar-refractivity contribution >= 4 is 16.8 Å². The van der Waals surface area contributed by atoms with E-state index in [4.69, 9.17) is 4.74 Å². The summed E-state index contributed by atoms with van der Waals surface area (Å²) in [5.74, 6) is 1.21. The number of methoxy groups -OCH3 is 1. The number of carbonyl (C=O) groups is 1. The van der Waals surface area contributed by atoms with E-state index in [-0.39, 0.29) is 0 Å². The van der Waals surface area contributed by atoms with E-state index >= 15 is 0 Å². The van der Waals surface area contributed by atoms with Gasteiger partial charge < -0.3 is 4.74 Å². The van der Waals surface area contributed by atoms with Crippen LogP contribution in [0.2, 0.25) is 0 Å². The fourth-order valence-electron chi connectivity index (χ4n) is 2.50. The molecule has 1 aromatic rings. The molecule has 0 aromatic carbocycles. The Hall–Kier alpha value is -1.23. The van der Waals surface area contributed by atoms with E-state index in [2.05, 4.69) is 4.98 Å². The summed E-state index contributed by atoms with van der Waals surface area (Å²) < 4.78 is 16.9. The summed E-state index contributed by atoms with van der Waals surface area (Å²) in [6.07, 6.45) is 6.47. The van der Waals surface area contributed by atoms with Gasteiger partial charge in [-0.1, -0.05) is 12.8 Å². The largest absolute Gasteiger partial charge is 0.465 e. The summed E-state index contributed by atoms with van der Waals surface area (Å²) in [6.45, 7) is 0. The number of nitrogens with zero attached hydrogens (tertiary/aromatic N) is 1. The first-order valence-electron chi connectivity index (χ1n) is 6.58. The Morgan fingerprint density at radius 2 is 2.21 bits per heavy atom. The first kappa shape index (κ1) is 14.2. The normalized spacial score (nSPS) is 17.3. The van der Waals surface area contributed by atoms with Crippen molar-refractivity contribution in [1.82, 2.24) is 4.98 Å². The molecule has 1 fully saturated rings. The summed E-state index contributed by atoms with van der Waals surface area (Å²) in [5.41, 5.74) is 0.996. The van der Waals surface area contributed by atoms with Gasteiger partial charge in [-0.25, -0.2) is 4.79 Å². The number of carbonyl (C=O) groups excluding carboxylic acids is 1. The number of esters is 1. The van der Waals surface area contributed by atoms with Gasteiger partial charge in [0.05, 0.1) is 24.1 Å². The lowest BCUT2D eigenvalue weighted by molar-refractivity contribution is 0.0599. The fourth-order valence-corrected chi connectivity index (χ4v) is 4.01. The Balaban J connectivity index is 2.01. The minimum atomic E-state index is -0.960. The topological polar surface area (TPSA) is 56.3 Å². The number of hydrogen-bond donors (Lipinski definition) is 0. The molecule has 4 nitrogen and oxygen atoms in total. The molecule has 5 heteroatoms. The predicted octanol–water partition coefficient (Wildman–Crippen LogP) is 2.31. The highest BCUT2D eigenvalue weighted by molar-refractivity contribution is 7.84. The SMILES string of the molecule is COC(=O)c1cccnc1CS(=O)CC1CCCC1. The molecule has 0 aliphatic heterocycles. The molecule has 1 saturated carbocycles. The first-order chi connectivity index (χ1) is 9.20. The van der Waals surface area contributed by atoms with Crippen molar-refractivity contribution in [3.8, 4) is 0 Å². The van der Waals surface area contributed by atoms with Crippen LogP contribution in [0.5, 0.6) is 0 Å². The molecular formula is C14H19NO3S. The molecule has 2 rings (SSSR count). The molecule has 0 radical (unpaired) electrons. The number of hydrogen-bond acceptors (Lipinski definition) is 4. The van der Waals surface area contributed by atoms with E-state index in [0.29, 0.717) is 22.9 Å². The van der Waals surface area contributed by atoms with Gasteiger partial charge in [0.1, 0.15) is 0 Å². The third-order valence-corrected chi connectivity index (χ3v) is 4.93. The van der Waals surface area contributed by atoms with E-state index in [1.807, 2.05) is 0 Å². The van der Waals surface area contributed by atoms with Gasteiger partial charge in [0.2, 0.25) is 0 Å². The molecule has 0 amide bonds. The monoisotopic (exact) mass is 281 g/mol. The number of aromatic nitrogens is 1. The maximum Gasteiger partial charge on any atom is 0.339 e. The smallest absolute Gasteiger partial charge is 0.339 e. The zero-order valence-corrected chi connectivity index (χ0v) is 11.9. The number of rotatable bonds is 5. The van der Waals surface area contributed by atoms with Crippen LogP contribution in [-0.4, -0.2) is 28.0 Å². The average Bonchev–Trinajstić information content (AvgIpc) is 2.91. The molecule has 1 unspecified atom stereocenters. The van der Waals surface area contributed by atoms with E-state index < -0.39 is 16.8 Å². The minimum Gasteiger partial charge on any atom is -0.465 e. The molecule has 0 N–H and O–H groups in total. The van der Waals surface area contributed by atoms with Crippen LogP contribution in [0, 0.1) is 5.92 Å². The molecule has 0 spiro atoms. The van der Waals surface area contributed by atoms with Gasteiger partial charge in [-0.05, 0) is 30.9 Å². The van der Waals surface area contributed by atoms with Crippen molar-refractivity contribution in [2.45, 2.75) is 31.4 Å². The van der Waals surface area contributed by atoms with Gasteiger partial charge in [-0.2, -0.15) is 0 Å². The number of pyridine rings is 1. The van der Waals surface area contributed by atoms with Crippen LogP contribution in [0.25, 0.3) is 0 Å². The van der Waals surface area contributed by atoms with Crippen LogP contribution in [0.3, 0.4) is 0 Å². The summed E-state index contributed by atoms with van der Waals surface area (Å²) in [7, 11) is 0.382. The van der Waals surface area contributed by atoms with Gasteiger partial charge in [0, 0.05) is 22.7 Å². The van der Waals surface area contributed by atoms with Crippen molar-refractivity contribution < 1.29 is 13.7 Å². The van der Waals surface area contributed by atoms with E-state index in [1.165, 1.54) is 32.8 Å². The van der Waals surface area contributed by atoms with Crippen LogP contribution in [0.15, 0.2) is 18.3 Å². The second kappa shape index (κ2) is 6.80. The molecule has 19 heavy (non-hydrogen) atoms. The molecule has 1 aliphatic rings. The third kappa shape index (κ3) is 3.86. The standard InChI is InChI=1S/C14H19NO3S/c1-18-14(16)12-7-4-8-15-13(12)10-19(17)9-11-5-2-3-6-11/h4,7-8,11H,2-3,5-6,9-10H2,1H3. The maximum absolute atomic E-state index is 12.2. The highest BCUT2D eigenvalue weighted by Crippen LogP contribution is 2.26. The van der Waals surface area contributed by atoms with Crippen molar-refractivity contribution in [2.75, 3.05) is 12.9 Å². The molecule has 1 heterocycles. The Morgan fingerprint density at radius 1 is 1.47 bits per heavy atom. The van der Waals surface area contributed by atoms with Gasteiger partial charge in [-0.3, -0.25) is 9.19 Å². The third-order valence-electron chi connectivity index (χ3n) is 3.49. The Morgan fingerprint density at radius 3 is 2.89 bits per heavy atom. The highest BCUT2D eigenvalue weighted by atomic mass is 32.2. The second-order valence-electron chi connectivity index (χ2n) is 4.89. The summed E-state index contributed by atoms with van der Waals surface area (Å²) in [5, 5.41) is 0. The lowest BCUT2D eigenvalue weighted by atomic mass is 10.1. The maximum atomic E-state index is 12.2. The lowest BCUT2D eigenvalue weighted by Gasteiger charge is -2.10. The van der Waals surface area contributed by atoms with Gasteiger partial charge >= 0.3 is 5.97 Å². The number of ether oxygens (including phenoxy) is 1. The summed E-state index contributed by atoms with van der Waals surface area (Å²) in [4.78, 5) is 15.8. The highest BCUT2D eigenvalue weighted by Gasteiger charge is 2.20. The van der Waals surface area contributed by atoms with Crippen molar-refractivity contribution in [3.05, 3.63) is 29.6 Å². The zero-order chi connectivity index (χ0) is 13.7. The first-order valence-corrected chi connectivity index (χ1v) is 8.06. The fraction of sp³-hybridized carbons (Fsp3) is 0.571. The lowest BCUT2D eigenvalue weighted by Crippen LogP contribution is -2.13. The van der Waals surface area contributed by atoms with E-state index in [1.54, 1.807) is 18.3 Å². The molecule has 104 valence electrons. The van der Waals surface area contributed by atoms with Crippen LogP contribution in [0.1, 0.15) is 41.7 Å². The zero-order valence-electron chi connectivity index (χ0n) is 11.1. The molecule has 1 aliphatic carbocycles. The minimum absolute atomic E-state index is 0.335. The summed E-state index contributed by atoms with van der Waals surface area (Å²) >= 11 is 0.